The summed E-state index contributed by atoms with van der Waals surface area (Å²) in [6.45, 7) is 0. The molecule has 1 amide bonds. The fourth-order valence-corrected chi connectivity index (χ4v) is 3.17. The quantitative estimate of drug-likeness (QED) is 0.487. The number of carbonyl (C=O) groups excluding carboxylic acids is 1. The highest BCUT2D eigenvalue weighted by molar-refractivity contribution is 7.99. The summed E-state index contributed by atoms with van der Waals surface area (Å²) in [4.78, 5) is 12.1. The van der Waals surface area contributed by atoms with Crippen molar-refractivity contribution in [2.24, 2.45) is 0 Å². The van der Waals surface area contributed by atoms with E-state index in [0.29, 0.717) is 28.1 Å². The first-order chi connectivity index (χ1) is 13.1. The third kappa shape index (κ3) is 4.78. The Hall–Kier alpha value is -3.02. The van der Waals surface area contributed by atoms with Gasteiger partial charge in [-0.25, -0.2) is 4.68 Å². The molecule has 0 radical (unpaired) electrons. The minimum atomic E-state index is -0.194. The number of nitrogen functional groups attached to an aromatic ring is 1. The number of amides is 1. The number of nitrogens with zero attached hydrogens (tertiary/aromatic N) is 4. The van der Waals surface area contributed by atoms with Gasteiger partial charge in [0, 0.05) is 16.3 Å². The normalized spacial score (nSPS) is 10.4. The SMILES string of the molecule is N#CCc1ccc(NC(=O)CSc2nnc(-c3cccc(Cl)c3)n2N)cc1. The second kappa shape index (κ2) is 8.58. The topological polar surface area (TPSA) is 110 Å². The van der Waals surface area contributed by atoms with Gasteiger partial charge in [-0.05, 0) is 29.8 Å². The summed E-state index contributed by atoms with van der Waals surface area (Å²) >= 11 is 7.17. The first kappa shape index (κ1) is 18.8. The largest absolute Gasteiger partial charge is 0.335 e. The number of rotatable bonds is 6. The summed E-state index contributed by atoms with van der Waals surface area (Å²) in [5.41, 5.74) is 2.30. The van der Waals surface area contributed by atoms with Crippen LogP contribution in [0.4, 0.5) is 5.69 Å². The highest BCUT2D eigenvalue weighted by Crippen LogP contribution is 2.24. The van der Waals surface area contributed by atoms with Gasteiger partial charge in [-0.3, -0.25) is 4.79 Å². The van der Waals surface area contributed by atoms with Crippen LogP contribution < -0.4 is 11.2 Å². The molecule has 3 aromatic rings. The molecule has 0 spiro atoms. The van der Waals surface area contributed by atoms with Crippen molar-refractivity contribution in [1.29, 1.82) is 5.26 Å². The zero-order valence-corrected chi connectivity index (χ0v) is 15.7. The fraction of sp³-hybridized carbons (Fsp3) is 0.111. The van der Waals surface area contributed by atoms with Gasteiger partial charge in [-0.2, -0.15) is 5.26 Å². The number of nitrogens with one attached hydrogen (secondary N) is 1. The van der Waals surface area contributed by atoms with Crippen LogP contribution >= 0.6 is 23.4 Å². The minimum Gasteiger partial charge on any atom is -0.335 e. The second-order valence-corrected chi connectivity index (χ2v) is 6.93. The number of carbonyl (C=O) groups is 1. The lowest BCUT2D eigenvalue weighted by atomic mass is 10.1. The summed E-state index contributed by atoms with van der Waals surface area (Å²) in [6.07, 6.45) is 0.338. The van der Waals surface area contributed by atoms with E-state index in [2.05, 4.69) is 21.6 Å². The zero-order valence-electron chi connectivity index (χ0n) is 14.1. The van der Waals surface area contributed by atoms with Gasteiger partial charge in [0.25, 0.3) is 0 Å². The van der Waals surface area contributed by atoms with E-state index < -0.39 is 0 Å². The van der Waals surface area contributed by atoms with Gasteiger partial charge in [0.1, 0.15) is 0 Å². The van der Waals surface area contributed by atoms with E-state index in [-0.39, 0.29) is 11.7 Å². The molecule has 1 heterocycles. The van der Waals surface area contributed by atoms with Crippen LogP contribution in [0.15, 0.2) is 53.7 Å². The maximum atomic E-state index is 12.1. The average molecular weight is 399 g/mol. The Kier molecular flexibility index (Phi) is 5.96. The van der Waals surface area contributed by atoms with Gasteiger partial charge in [0.15, 0.2) is 5.82 Å². The van der Waals surface area contributed by atoms with E-state index in [0.717, 1.165) is 11.1 Å². The Morgan fingerprint density at radius 1 is 1.26 bits per heavy atom. The predicted molar refractivity (Wildman–Crippen MR) is 106 cm³/mol. The van der Waals surface area contributed by atoms with Crippen molar-refractivity contribution < 1.29 is 4.79 Å². The molecule has 1 aromatic heterocycles. The zero-order chi connectivity index (χ0) is 19.2. The molecule has 0 saturated heterocycles. The molecule has 2 aromatic carbocycles. The van der Waals surface area contributed by atoms with Crippen LogP contribution in [0.5, 0.6) is 0 Å². The van der Waals surface area contributed by atoms with Crippen LogP contribution in [-0.4, -0.2) is 26.5 Å². The van der Waals surface area contributed by atoms with Gasteiger partial charge < -0.3 is 11.2 Å². The van der Waals surface area contributed by atoms with Gasteiger partial charge in [0.2, 0.25) is 11.1 Å². The monoisotopic (exact) mass is 398 g/mol. The third-order valence-corrected chi connectivity index (χ3v) is 4.78. The van der Waals surface area contributed by atoms with Gasteiger partial charge in [0.05, 0.1) is 18.2 Å². The Bertz CT molecular complexity index is 996. The molecule has 9 heteroatoms. The maximum absolute atomic E-state index is 12.1. The Morgan fingerprint density at radius 3 is 2.74 bits per heavy atom. The van der Waals surface area contributed by atoms with Crippen LogP contribution in [0.1, 0.15) is 5.56 Å². The molecule has 0 fully saturated rings. The molecular weight excluding hydrogens is 384 g/mol. The lowest BCUT2D eigenvalue weighted by Gasteiger charge is -2.06. The molecule has 0 bridgehead atoms. The maximum Gasteiger partial charge on any atom is 0.234 e. The molecule has 0 saturated carbocycles. The van der Waals surface area contributed by atoms with Gasteiger partial charge in [-0.15, -0.1) is 10.2 Å². The minimum absolute atomic E-state index is 0.130. The molecule has 0 aliphatic heterocycles. The van der Waals surface area contributed by atoms with E-state index >= 15 is 0 Å². The molecule has 3 N–H and O–H groups in total. The van der Waals surface area contributed by atoms with E-state index in [4.69, 9.17) is 22.7 Å². The van der Waals surface area contributed by atoms with Crippen molar-refractivity contribution in [3.63, 3.8) is 0 Å². The highest BCUT2D eigenvalue weighted by Gasteiger charge is 2.14. The third-order valence-electron chi connectivity index (χ3n) is 3.60. The molecule has 0 atom stereocenters. The predicted octanol–water partition coefficient (Wildman–Crippen LogP) is 3.11. The number of halogens is 1. The van der Waals surface area contributed by atoms with Crippen LogP contribution in [0.3, 0.4) is 0 Å². The first-order valence-electron chi connectivity index (χ1n) is 7.92. The summed E-state index contributed by atoms with van der Waals surface area (Å²) in [5, 5.41) is 20.6. The van der Waals surface area contributed by atoms with E-state index in [1.807, 2.05) is 6.07 Å². The van der Waals surface area contributed by atoms with Crippen molar-refractivity contribution >= 4 is 35.0 Å². The van der Waals surface area contributed by atoms with Crippen molar-refractivity contribution in [2.75, 3.05) is 16.9 Å². The van der Waals surface area contributed by atoms with E-state index in [1.165, 1.54) is 16.4 Å². The number of hydrogen-bond acceptors (Lipinski definition) is 6. The van der Waals surface area contributed by atoms with Gasteiger partial charge >= 0.3 is 0 Å². The van der Waals surface area contributed by atoms with Crippen LogP contribution in [-0.2, 0) is 11.2 Å². The van der Waals surface area contributed by atoms with E-state index in [9.17, 15) is 4.79 Å². The van der Waals surface area contributed by atoms with Crippen LogP contribution in [0.25, 0.3) is 11.4 Å². The average Bonchev–Trinajstić information content (AvgIpc) is 3.02. The first-order valence-corrected chi connectivity index (χ1v) is 9.28. The smallest absolute Gasteiger partial charge is 0.234 e. The number of anilines is 1. The number of hydrogen-bond donors (Lipinski definition) is 2. The van der Waals surface area contributed by atoms with Crippen LogP contribution in [0.2, 0.25) is 5.02 Å². The summed E-state index contributed by atoms with van der Waals surface area (Å²) in [6, 6.07) is 16.3. The van der Waals surface area contributed by atoms with Crippen molar-refractivity contribution in [3.8, 4) is 17.5 Å². The lowest BCUT2D eigenvalue weighted by molar-refractivity contribution is -0.113. The Morgan fingerprint density at radius 2 is 2.04 bits per heavy atom. The number of nitriles is 1. The standard InChI is InChI=1S/C18H15ClN6OS/c19-14-3-1-2-13(10-14)17-23-24-18(25(17)21)27-11-16(26)22-15-6-4-12(5-7-15)8-9-20/h1-7,10H,8,11,21H2,(H,22,26). The molecule has 0 aliphatic rings. The van der Waals surface area contributed by atoms with Crippen LogP contribution in [0, 0.1) is 11.3 Å². The van der Waals surface area contributed by atoms with Crippen molar-refractivity contribution in [3.05, 3.63) is 59.1 Å². The van der Waals surface area contributed by atoms with Gasteiger partial charge in [-0.1, -0.05) is 47.6 Å². The Balaban J connectivity index is 1.60. The van der Waals surface area contributed by atoms with Crippen molar-refractivity contribution in [2.45, 2.75) is 11.6 Å². The number of thioether (sulfide) groups is 1. The molecule has 136 valence electrons. The summed E-state index contributed by atoms with van der Waals surface area (Å²) < 4.78 is 1.33. The second-order valence-electron chi connectivity index (χ2n) is 5.56. The van der Waals surface area contributed by atoms with Crippen molar-refractivity contribution in [1.82, 2.24) is 14.9 Å². The fourth-order valence-electron chi connectivity index (χ4n) is 2.32. The number of benzene rings is 2. The molecule has 3 rings (SSSR count). The summed E-state index contributed by atoms with van der Waals surface area (Å²) in [7, 11) is 0. The molecule has 7 nitrogen and oxygen atoms in total. The van der Waals surface area contributed by atoms with E-state index in [1.54, 1.807) is 42.5 Å². The summed E-state index contributed by atoms with van der Waals surface area (Å²) in [5.74, 6) is 6.44. The lowest BCUT2D eigenvalue weighted by Crippen LogP contribution is -2.16. The number of nitrogens with two attached hydrogens (primary N) is 1. The number of aromatic nitrogens is 3. The molecule has 27 heavy (non-hydrogen) atoms. The molecule has 0 aliphatic carbocycles. The molecular formula is C18H15ClN6OS. The molecule has 0 unspecified atom stereocenters. The Labute approximate surface area is 165 Å². The highest BCUT2D eigenvalue weighted by atomic mass is 35.5.